The largest absolute Gasteiger partial charge is 0.399 e. The molecule has 138 valence electrons. The SMILES string of the molecule is CON=C(c1cnc2ccccc2c1)c1cccc(Cl)c1Cc1ccccc1. The first-order chi connectivity index (χ1) is 13.8. The Bertz CT molecular complexity index is 1140. The highest BCUT2D eigenvalue weighted by Gasteiger charge is 2.16. The Hall–Kier alpha value is -3.17. The van der Waals surface area contributed by atoms with Gasteiger partial charge in [-0.1, -0.05) is 77.4 Å². The third kappa shape index (κ3) is 3.75. The van der Waals surface area contributed by atoms with E-state index in [1.165, 1.54) is 5.56 Å². The first-order valence-corrected chi connectivity index (χ1v) is 9.42. The van der Waals surface area contributed by atoms with Crippen LogP contribution < -0.4 is 0 Å². The second-order valence-corrected chi connectivity index (χ2v) is 6.87. The summed E-state index contributed by atoms with van der Waals surface area (Å²) in [7, 11) is 1.55. The molecule has 0 amide bonds. The highest BCUT2D eigenvalue weighted by molar-refractivity contribution is 6.32. The van der Waals surface area contributed by atoms with Crippen LogP contribution in [0.2, 0.25) is 5.02 Å². The van der Waals surface area contributed by atoms with Gasteiger partial charge in [0.1, 0.15) is 12.8 Å². The second-order valence-electron chi connectivity index (χ2n) is 6.47. The smallest absolute Gasteiger partial charge is 0.119 e. The lowest BCUT2D eigenvalue weighted by Crippen LogP contribution is -2.09. The topological polar surface area (TPSA) is 34.5 Å². The van der Waals surface area contributed by atoms with Crippen molar-refractivity contribution < 1.29 is 4.84 Å². The maximum Gasteiger partial charge on any atom is 0.119 e. The first kappa shape index (κ1) is 18.2. The van der Waals surface area contributed by atoms with Gasteiger partial charge in [0, 0.05) is 27.7 Å². The standard InChI is InChI=1S/C24H19ClN2O/c1-28-27-24(19-15-18-10-5-6-13-23(18)26-16-19)20-11-7-12-22(25)21(20)14-17-8-3-2-4-9-17/h2-13,15-16H,14H2,1H3. The maximum absolute atomic E-state index is 6.59. The number of nitrogens with zero attached hydrogens (tertiary/aromatic N) is 2. The van der Waals surface area contributed by atoms with E-state index in [1.807, 2.05) is 66.9 Å². The molecule has 28 heavy (non-hydrogen) atoms. The van der Waals surface area contributed by atoms with Gasteiger partial charge >= 0.3 is 0 Å². The Morgan fingerprint density at radius 3 is 2.57 bits per heavy atom. The van der Waals surface area contributed by atoms with Crippen molar-refractivity contribution in [2.75, 3.05) is 7.11 Å². The predicted octanol–water partition coefficient (Wildman–Crippen LogP) is 5.88. The number of rotatable bonds is 5. The summed E-state index contributed by atoms with van der Waals surface area (Å²) in [5.74, 6) is 0. The highest BCUT2D eigenvalue weighted by atomic mass is 35.5. The van der Waals surface area contributed by atoms with Crippen molar-refractivity contribution in [1.29, 1.82) is 0 Å². The molecule has 0 radical (unpaired) electrons. The molecule has 4 rings (SSSR count). The van der Waals surface area contributed by atoms with Gasteiger partial charge in [-0.15, -0.1) is 0 Å². The summed E-state index contributed by atoms with van der Waals surface area (Å²) in [5.41, 5.74) is 5.68. The second kappa shape index (κ2) is 8.24. The molecule has 0 fully saturated rings. The van der Waals surface area contributed by atoms with Gasteiger partial charge in [0.25, 0.3) is 0 Å². The number of hydrogen-bond acceptors (Lipinski definition) is 3. The minimum Gasteiger partial charge on any atom is -0.399 e. The summed E-state index contributed by atoms with van der Waals surface area (Å²) in [4.78, 5) is 9.76. The van der Waals surface area contributed by atoms with Gasteiger partial charge in [-0.05, 0) is 35.7 Å². The molecule has 3 aromatic carbocycles. The Balaban J connectivity index is 1.84. The Labute approximate surface area is 169 Å². The quantitative estimate of drug-likeness (QED) is 0.317. The third-order valence-electron chi connectivity index (χ3n) is 4.64. The van der Waals surface area contributed by atoms with Crippen LogP contribution in [0.25, 0.3) is 10.9 Å². The summed E-state index contributed by atoms with van der Waals surface area (Å²) in [6.45, 7) is 0. The van der Waals surface area contributed by atoms with Crippen LogP contribution in [0.15, 0.2) is 90.2 Å². The van der Waals surface area contributed by atoms with Gasteiger partial charge < -0.3 is 4.84 Å². The van der Waals surface area contributed by atoms with Crippen LogP contribution in [0, 0.1) is 0 Å². The van der Waals surface area contributed by atoms with Crippen molar-refractivity contribution >= 4 is 28.2 Å². The van der Waals surface area contributed by atoms with Crippen LogP contribution in [0.5, 0.6) is 0 Å². The molecule has 4 heteroatoms. The Morgan fingerprint density at radius 2 is 1.75 bits per heavy atom. The van der Waals surface area contributed by atoms with E-state index in [0.717, 1.165) is 27.6 Å². The minimum atomic E-state index is 0.707. The van der Waals surface area contributed by atoms with E-state index in [9.17, 15) is 0 Å². The number of fused-ring (bicyclic) bond motifs is 1. The molecule has 0 bridgehead atoms. The van der Waals surface area contributed by atoms with E-state index < -0.39 is 0 Å². The molecule has 0 aliphatic carbocycles. The number of pyridine rings is 1. The Kier molecular flexibility index (Phi) is 5.36. The number of halogens is 1. The van der Waals surface area contributed by atoms with Crippen LogP contribution in [-0.4, -0.2) is 17.8 Å². The third-order valence-corrected chi connectivity index (χ3v) is 5.00. The van der Waals surface area contributed by atoms with Crippen LogP contribution in [0.1, 0.15) is 22.3 Å². The molecule has 3 nitrogen and oxygen atoms in total. The van der Waals surface area contributed by atoms with E-state index in [1.54, 1.807) is 7.11 Å². The lowest BCUT2D eigenvalue weighted by atomic mass is 9.93. The van der Waals surface area contributed by atoms with E-state index in [2.05, 4.69) is 28.3 Å². The predicted molar refractivity (Wildman–Crippen MR) is 115 cm³/mol. The van der Waals surface area contributed by atoms with Crippen LogP contribution >= 0.6 is 11.6 Å². The van der Waals surface area contributed by atoms with Crippen molar-refractivity contribution in [3.8, 4) is 0 Å². The summed E-state index contributed by atoms with van der Waals surface area (Å²) in [6, 6.07) is 26.2. The van der Waals surface area contributed by atoms with Crippen molar-refractivity contribution in [1.82, 2.24) is 4.98 Å². The summed E-state index contributed by atoms with van der Waals surface area (Å²) < 4.78 is 0. The lowest BCUT2D eigenvalue weighted by Gasteiger charge is -2.14. The molecule has 0 saturated heterocycles. The van der Waals surface area contributed by atoms with Gasteiger partial charge in [0.05, 0.1) is 5.52 Å². The number of aromatic nitrogens is 1. The highest BCUT2D eigenvalue weighted by Crippen LogP contribution is 2.27. The molecule has 0 aliphatic heterocycles. The fourth-order valence-electron chi connectivity index (χ4n) is 3.31. The van der Waals surface area contributed by atoms with E-state index in [0.29, 0.717) is 17.2 Å². The molecule has 0 aliphatic rings. The van der Waals surface area contributed by atoms with Crippen molar-refractivity contribution in [2.45, 2.75) is 6.42 Å². The van der Waals surface area contributed by atoms with Gasteiger partial charge in [-0.2, -0.15) is 0 Å². The first-order valence-electron chi connectivity index (χ1n) is 9.04. The van der Waals surface area contributed by atoms with Gasteiger partial charge in [0.2, 0.25) is 0 Å². The van der Waals surface area contributed by atoms with E-state index in [4.69, 9.17) is 16.4 Å². The average molecular weight is 387 g/mol. The average Bonchev–Trinajstić information content (AvgIpc) is 2.74. The van der Waals surface area contributed by atoms with Crippen LogP contribution in [0.4, 0.5) is 0 Å². The van der Waals surface area contributed by atoms with E-state index in [-0.39, 0.29) is 0 Å². The van der Waals surface area contributed by atoms with Crippen LogP contribution in [-0.2, 0) is 11.3 Å². The molecule has 0 N–H and O–H groups in total. The minimum absolute atomic E-state index is 0.707. The molecule has 1 heterocycles. The molecule has 4 aromatic rings. The normalized spacial score (nSPS) is 11.6. The lowest BCUT2D eigenvalue weighted by molar-refractivity contribution is 0.214. The number of hydrogen-bond donors (Lipinski definition) is 0. The van der Waals surface area contributed by atoms with Gasteiger partial charge in [-0.25, -0.2) is 0 Å². The zero-order valence-corrected chi connectivity index (χ0v) is 16.2. The summed E-state index contributed by atoms with van der Waals surface area (Å²) in [5, 5.41) is 6.09. The molecular weight excluding hydrogens is 368 g/mol. The van der Waals surface area contributed by atoms with Gasteiger partial charge in [0.15, 0.2) is 0 Å². The van der Waals surface area contributed by atoms with Crippen LogP contribution in [0.3, 0.4) is 0 Å². The van der Waals surface area contributed by atoms with E-state index >= 15 is 0 Å². The molecule has 0 unspecified atom stereocenters. The van der Waals surface area contributed by atoms with Crippen molar-refractivity contribution in [3.05, 3.63) is 112 Å². The van der Waals surface area contributed by atoms with Crippen molar-refractivity contribution in [2.24, 2.45) is 5.16 Å². The molecule has 0 atom stereocenters. The zero-order valence-electron chi connectivity index (χ0n) is 15.5. The zero-order chi connectivity index (χ0) is 19.3. The van der Waals surface area contributed by atoms with Gasteiger partial charge in [-0.3, -0.25) is 4.98 Å². The Morgan fingerprint density at radius 1 is 0.964 bits per heavy atom. The summed E-state index contributed by atoms with van der Waals surface area (Å²) in [6.07, 6.45) is 2.53. The maximum atomic E-state index is 6.59. The number of para-hydroxylation sites is 1. The monoisotopic (exact) mass is 386 g/mol. The molecule has 0 saturated carbocycles. The fraction of sp³-hybridized carbons (Fsp3) is 0.0833. The number of benzene rings is 3. The molecule has 1 aromatic heterocycles. The van der Waals surface area contributed by atoms with Crippen molar-refractivity contribution in [3.63, 3.8) is 0 Å². The fourth-order valence-corrected chi connectivity index (χ4v) is 3.55. The summed E-state index contributed by atoms with van der Waals surface area (Å²) >= 11 is 6.59. The molecule has 0 spiro atoms. The number of oxime groups is 1. The molecular formula is C24H19ClN2O.